The first-order valence-corrected chi connectivity index (χ1v) is 5.84. The van der Waals surface area contributed by atoms with Crippen molar-refractivity contribution >= 4 is 0 Å². The Kier molecular flexibility index (Phi) is 3.39. The second-order valence-electron chi connectivity index (χ2n) is 4.57. The third-order valence-electron chi connectivity index (χ3n) is 3.49. The molecular formula is C13H20N2. The number of nitrogens with one attached hydrogen (secondary N) is 1. The van der Waals surface area contributed by atoms with Crippen LogP contribution in [0, 0.1) is 6.92 Å². The molecule has 2 rings (SSSR count). The van der Waals surface area contributed by atoms with E-state index in [4.69, 9.17) is 5.84 Å². The molecule has 1 aliphatic carbocycles. The van der Waals surface area contributed by atoms with Crippen LogP contribution in [0.2, 0.25) is 0 Å². The predicted octanol–water partition coefficient (Wildman–Crippen LogP) is 2.48. The quantitative estimate of drug-likeness (QED) is 0.574. The second-order valence-corrected chi connectivity index (χ2v) is 4.57. The molecule has 0 heterocycles. The van der Waals surface area contributed by atoms with Crippen molar-refractivity contribution in [3.05, 3.63) is 35.4 Å². The molecule has 3 N–H and O–H groups in total. The van der Waals surface area contributed by atoms with Gasteiger partial charge in [0.1, 0.15) is 0 Å². The number of benzene rings is 1. The Labute approximate surface area is 91.8 Å². The smallest absolute Gasteiger partial charge is 0.0279 e. The summed E-state index contributed by atoms with van der Waals surface area (Å²) in [6, 6.07) is 9.34. The largest absolute Gasteiger partial charge is 0.271 e. The van der Waals surface area contributed by atoms with Crippen LogP contribution >= 0.6 is 0 Å². The van der Waals surface area contributed by atoms with Gasteiger partial charge < -0.3 is 0 Å². The number of nitrogens with two attached hydrogens (primary N) is 1. The summed E-state index contributed by atoms with van der Waals surface area (Å²) in [5.74, 6) is 6.21. The molecule has 1 saturated carbocycles. The van der Waals surface area contributed by atoms with Gasteiger partial charge in [-0.15, -0.1) is 0 Å². The first kappa shape index (κ1) is 10.7. The fourth-order valence-electron chi connectivity index (χ4n) is 2.54. The molecule has 0 aromatic heterocycles. The van der Waals surface area contributed by atoms with Gasteiger partial charge >= 0.3 is 0 Å². The number of hydrogen-bond donors (Lipinski definition) is 2. The topological polar surface area (TPSA) is 38.0 Å². The Bertz CT molecular complexity index is 305. The molecule has 1 aliphatic rings. The van der Waals surface area contributed by atoms with E-state index in [0.717, 1.165) is 0 Å². The summed E-state index contributed by atoms with van der Waals surface area (Å²) in [4.78, 5) is 0. The van der Waals surface area contributed by atoms with E-state index in [1.165, 1.54) is 36.8 Å². The minimum atomic E-state index is 0.460. The van der Waals surface area contributed by atoms with Crippen LogP contribution in [0.15, 0.2) is 24.3 Å². The van der Waals surface area contributed by atoms with Gasteiger partial charge in [0.2, 0.25) is 0 Å². The van der Waals surface area contributed by atoms with Crippen molar-refractivity contribution in [2.24, 2.45) is 5.84 Å². The Morgan fingerprint density at radius 2 is 1.80 bits per heavy atom. The van der Waals surface area contributed by atoms with Crippen molar-refractivity contribution < 1.29 is 0 Å². The summed E-state index contributed by atoms with van der Waals surface area (Å²) < 4.78 is 0. The van der Waals surface area contributed by atoms with Gasteiger partial charge in [-0.1, -0.05) is 42.7 Å². The molecule has 0 saturated heterocycles. The van der Waals surface area contributed by atoms with Crippen LogP contribution < -0.4 is 11.3 Å². The Morgan fingerprint density at radius 3 is 2.47 bits per heavy atom. The molecule has 1 aromatic rings. The van der Waals surface area contributed by atoms with E-state index in [0.29, 0.717) is 12.0 Å². The zero-order chi connectivity index (χ0) is 10.7. The maximum Gasteiger partial charge on any atom is 0.0279 e. The van der Waals surface area contributed by atoms with Crippen LogP contribution in [0.1, 0.15) is 42.7 Å². The number of hydrogen-bond acceptors (Lipinski definition) is 2. The van der Waals surface area contributed by atoms with Gasteiger partial charge in [-0.3, -0.25) is 11.3 Å². The molecule has 1 aromatic carbocycles. The normalized spacial score (nSPS) is 26.5. The zero-order valence-corrected chi connectivity index (χ0v) is 9.37. The minimum absolute atomic E-state index is 0.460. The number of hydrazine groups is 1. The fraction of sp³-hybridized carbons (Fsp3) is 0.538. The average molecular weight is 204 g/mol. The van der Waals surface area contributed by atoms with Crippen molar-refractivity contribution in [1.29, 1.82) is 0 Å². The molecule has 1 fully saturated rings. The molecule has 0 aliphatic heterocycles. The molecule has 2 atom stereocenters. The highest BCUT2D eigenvalue weighted by atomic mass is 15.2. The van der Waals surface area contributed by atoms with Crippen molar-refractivity contribution in [2.45, 2.75) is 44.6 Å². The summed E-state index contributed by atoms with van der Waals surface area (Å²) in [7, 11) is 0. The van der Waals surface area contributed by atoms with E-state index >= 15 is 0 Å². The van der Waals surface area contributed by atoms with Gasteiger partial charge in [0.05, 0.1) is 0 Å². The average Bonchev–Trinajstić information content (AvgIpc) is 2.30. The van der Waals surface area contributed by atoms with E-state index in [2.05, 4.69) is 36.6 Å². The van der Waals surface area contributed by atoms with E-state index in [1.807, 2.05) is 0 Å². The van der Waals surface area contributed by atoms with Crippen LogP contribution in [-0.4, -0.2) is 6.04 Å². The fourth-order valence-corrected chi connectivity index (χ4v) is 2.54. The van der Waals surface area contributed by atoms with Gasteiger partial charge in [0.25, 0.3) is 0 Å². The van der Waals surface area contributed by atoms with Gasteiger partial charge in [0, 0.05) is 12.0 Å². The minimum Gasteiger partial charge on any atom is -0.271 e. The van der Waals surface area contributed by atoms with Gasteiger partial charge in [-0.25, -0.2) is 0 Å². The Hall–Kier alpha value is -0.860. The molecule has 0 unspecified atom stereocenters. The van der Waals surface area contributed by atoms with Crippen LogP contribution in [0.4, 0.5) is 0 Å². The monoisotopic (exact) mass is 204 g/mol. The standard InChI is InChI=1S/C13H20N2/c1-10-6-8-11(9-7-10)12-4-2-3-5-13(12)15-14/h6-9,12-13,15H,2-5,14H2,1H3/t12-,13+/m0/s1. The van der Waals surface area contributed by atoms with Crippen LogP contribution in [-0.2, 0) is 0 Å². The summed E-state index contributed by atoms with van der Waals surface area (Å²) in [5.41, 5.74) is 5.73. The molecule has 0 spiro atoms. The Morgan fingerprint density at radius 1 is 1.13 bits per heavy atom. The van der Waals surface area contributed by atoms with Gasteiger partial charge in [-0.05, 0) is 25.3 Å². The van der Waals surface area contributed by atoms with E-state index in [-0.39, 0.29) is 0 Å². The van der Waals surface area contributed by atoms with E-state index in [9.17, 15) is 0 Å². The maximum absolute atomic E-state index is 5.61. The molecule has 0 amide bonds. The molecule has 2 nitrogen and oxygen atoms in total. The van der Waals surface area contributed by atoms with Gasteiger partial charge in [0.15, 0.2) is 0 Å². The molecule has 2 heteroatoms. The van der Waals surface area contributed by atoms with E-state index in [1.54, 1.807) is 0 Å². The third kappa shape index (κ3) is 2.39. The summed E-state index contributed by atoms with van der Waals surface area (Å²) in [6.45, 7) is 2.13. The summed E-state index contributed by atoms with van der Waals surface area (Å²) >= 11 is 0. The third-order valence-corrected chi connectivity index (χ3v) is 3.49. The van der Waals surface area contributed by atoms with Crippen molar-refractivity contribution in [3.8, 4) is 0 Å². The van der Waals surface area contributed by atoms with Crippen LogP contribution in [0.25, 0.3) is 0 Å². The molecule has 82 valence electrons. The predicted molar refractivity (Wildman–Crippen MR) is 63.5 cm³/mol. The van der Waals surface area contributed by atoms with E-state index < -0.39 is 0 Å². The maximum atomic E-state index is 5.61. The first-order valence-electron chi connectivity index (χ1n) is 5.84. The lowest BCUT2D eigenvalue weighted by molar-refractivity contribution is 0.331. The van der Waals surface area contributed by atoms with Crippen LogP contribution in [0.3, 0.4) is 0 Å². The molecule has 15 heavy (non-hydrogen) atoms. The van der Waals surface area contributed by atoms with Crippen molar-refractivity contribution in [2.75, 3.05) is 0 Å². The number of aryl methyl sites for hydroxylation is 1. The highest BCUT2D eigenvalue weighted by Gasteiger charge is 2.25. The van der Waals surface area contributed by atoms with Crippen molar-refractivity contribution in [1.82, 2.24) is 5.43 Å². The number of rotatable bonds is 2. The van der Waals surface area contributed by atoms with Crippen LogP contribution in [0.5, 0.6) is 0 Å². The second kappa shape index (κ2) is 4.77. The summed E-state index contributed by atoms with van der Waals surface area (Å²) in [6.07, 6.45) is 5.10. The zero-order valence-electron chi connectivity index (χ0n) is 9.37. The van der Waals surface area contributed by atoms with Crippen molar-refractivity contribution in [3.63, 3.8) is 0 Å². The highest BCUT2D eigenvalue weighted by Crippen LogP contribution is 2.32. The highest BCUT2D eigenvalue weighted by molar-refractivity contribution is 5.26. The SMILES string of the molecule is Cc1ccc([C@@H]2CCCC[C@H]2NN)cc1. The molecular weight excluding hydrogens is 184 g/mol. The lowest BCUT2D eigenvalue weighted by Gasteiger charge is -2.31. The first-order chi connectivity index (χ1) is 7.31. The molecule has 0 radical (unpaired) electrons. The lowest BCUT2D eigenvalue weighted by Crippen LogP contribution is -2.41. The Balaban J connectivity index is 2.16. The molecule has 0 bridgehead atoms. The van der Waals surface area contributed by atoms with Gasteiger partial charge in [-0.2, -0.15) is 0 Å². The lowest BCUT2D eigenvalue weighted by atomic mass is 9.80. The summed E-state index contributed by atoms with van der Waals surface area (Å²) in [5, 5.41) is 0.